The Morgan fingerprint density at radius 1 is 1.46 bits per heavy atom. The minimum atomic E-state index is -0.126. The van der Waals surface area contributed by atoms with Crippen LogP contribution >= 0.6 is 0 Å². The molecule has 0 fully saturated rings. The lowest BCUT2D eigenvalue weighted by Crippen LogP contribution is -2.32. The van der Waals surface area contributed by atoms with E-state index in [1.807, 2.05) is 18.2 Å². The molecule has 13 heavy (non-hydrogen) atoms. The number of amides is 1. The van der Waals surface area contributed by atoms with Crippen LogP contribution < -0.4 is 5.32 Å². The molecular formula is C10H8N2O. The molecule has 2 rings (SSSR count). The van der Waals surface area contributed by atoms with Crippen LogP contribution in [0.3, 0.4) is 0 Å². The molecule has 64 valence electrons. The summed E-state index contributed by atoms with van der Waals surface area (Å²) in [5.74, 6) is -0.126. The lowest BCUT2D eigenvalue weighted by Gasteiger charge is -2.16. The molecule has 1 aromatic rings. The third-order valence-corrected chi connectivity index (χ3v) is 2.18. The standard InChI is InChI=1S/C10H8N2O/c11-6-8-3-1-2-7-4-5-12-10(13)9(7)8/h1-3H,4-5H2,(H,12,13). The van der Waals surface area contributed by atoms with Crippen molar-refractivity contribution in [1.29, 1.82) is 5.26 Å². The SMILES string of the molecule is N#Cc1cccc2c1C(=O)NCC2. The molecule has 0 aromatic heterocycles. The fraction of sp³-hybridized carbons (Fsp3) is 0.200. The number of rotatable bonds is 0. The lowest BCUT2D eigenvalue weighted by molar-refractivity contribution is 0.0945. The summed E-state index contributed by atoms with van der Waals surface area (Å²) in [6.45, 7) is 0.667. The van der Waals surface area contributed by atoms with Gasteiger partial charge in [0.05, 0.1) is 17.2 Å². The Kier molecular flexibility index (Phi) is 1.75. The van der Waals surface area contributed by atoms with E-state index in [1.54, 1.807) is 6.07 Å². The first-order valence-electron chi connectivity index (χ1n) is 4.13. The minimum absolute atomic E-state index is 0.126. The molecule has 0 unspecified atom stereocenters. The molecule has 1 aromatic carbocycles. The average Bonchev–Trinajstić information content (AvgIpc) is 2.17. The van der Waals surface area contributed by atoms with Gasteiger partial charge in [-0.25, -0.2) is 0 Å². The molecule has 1 N–H and O–H groups in total. The largest absolute Gasteiger partial charge is 0.352 e. The van der Waals surface area contributed by atoms with E-state index in [1.165, 1.54) is 0 Å². The van der Waals surface area contributed by atoms with Crippen LogP contribution in [0.4, 0.5) is 0 Å². The Bertz CT molecular complexity index is 404. The second-order valence-electron chi connectivity index (χ2n) is 2.96. The highest BCUT2D eigenvalue weighted by Gasteiger charge is 2.19. The Hall–Kier alpha value is -1.82. The normalized spacial score (nSPS) is 14.2. The summed E-state index contributed by atoms with van der Waals surface area (Å²) in [5.41, 5.74) is 1.99. The zero-order valence-electron chi connectivity index (χ0n) is 7.00. The van der Waals surface area contributed by atoms with Crippen LogP contribution in [-0.4, -0.2) is 12.5 Å². The molecule has 1 aliphatic rings. The van der Waals surface area contributed by atoms with Crippen molar-refractivity contribution in [2.24, 2.45) is 0 Å². The smallest absolute Gasteiger partial charge is 0.252 e. The maximum atomic E-state index is 11.4. The van der Waals surface area contributed by atoms with Gasteiger partial charge >= 0.3 is 0 Å². The fourth-order valence-electron chi connectivity index (χ4n) is 1.57. The van der Waals surface area contributed by atoms with E-state index in [2.05, 4.69) is 5.32 Å². The van der Waals surface area contributed by atoms with E-state index in [0.717, 1.165) is 12.0 Å². The quantitative estimate of drug-likeness (QED) is 0.630. The summed E-state index contributed by atoms with van der Waals surface area (Å²) in [6.07, 6.45) is 0.816. The van der Waals surface area contributed by atoms with Crippen LogP contribution in [0.5, 0.6) is 0 Å². The van der Waals surface area contributed by atoms with E-state index < -0.39 is 0 Å². The van der Waals surface area contributed by atoms with Gasteiger partial charge in [0, 0.05) is 6.54 Å². The predicted molar refractivity (Wildman–Crippen MR) is 47.2 cm³/mol. The van der Waals surface area contributed by atoms with E-state index in [9.17, 15) is 4.79 Å². The van der Waals surface area contributed by atoms with Crippen molar-refractivity contribution in [2.75, 3.05) is 6.54 Å². The van der Waals surface area contributed by atoms with Crippen molar-refractivity contribution in [3.8, 4) is 6.07 Å². The number of carbonyl (C=O) groups excluding carboxylic acids is 1. The van der Waals surface area contributed by atoms with Crippen molar-refractivity contribution in [3.05, 3.63) is 34.9 Å². The van der Waals surface area contributed by atoms with Crippen LogP contribution in [0.1, 0.15) is 21.5 Å². The van der Waals surface area contributed by atoms with Crippen molar-refractivity contribution >= 4 is 5.91 Å². The number of hydrogen-bond acceptors (Lipinski definition) is 2. The van der Waals surface area contributed by atoms with Gasteiger partial charge in [-0.15, -0.1) is 0 Å². The highest BCUT2D eigenvalue weighted by Crippen LogP contribution is 2.17. The van der Waals surface area contributed by atoms with Gasteiger partial charge in [-0.3, -0.25) is 4.79 Å². The molecule has 1 aliphatic heterocycles. The third kappa shape index (κ3) is 1.17. The molecular weight excluding hydrogens is 164 g/mol. The number of fused-ring (bicyclic) bond motifs is 1. The van der Waals surface area contributed by atoms with Crippen molar-refractivity contribution in [3.63, 3.8) is 0 Å². The van der Waals surface area contributed by atoms with Gasteiger partial charge in [-0.2, -0.15) is 5.26 Å². The number of carbonyl (C=O) groups is 1. The summed E-state index contributed by atoms with van der Waals surface area (Å²) in [6, 6.07) is 7.41. The zero-order valence-corrected chi connectivity index (χ0v) is 7.00. The topological polar surface area (TPSA) is 52.9 Å². The Morgan fingerprint density at radius 2 is 2.31 bits per heavy atom. The highest BCUT2D eigenvalue weighted by molar-refractivity contribution is 5.99. The number of nitrogens with zero attached hydrogens (tertiary/aromatic N) is 1. The summed E-state index contributed by atoms with van der Waals surface area (Å²) >= 11 is 0. The van der Waals surface area contributed by atoms with Gasteiger partial charge in [0.2, 0.25) is 0 Å². The summed E-state index contributed by atoms with van der Waals surface area (Å²) in [4.78, 5) is 11.4. The Balaban J connectivity index is 2.65. The molecule has 0 aliphatic carbocycles. The van der Waals surface area contributed by atoms with E-state index in [0.29, 0.717) is 17.7 Å². The number of nitrogens with one attached hydrogen (secondary N) is 1. The van der Waals surface area contributed by atoms with Gasteiger partial charge in [0.15, 0.2) is 0 Å². The summed E-state index contributed by atoms with van der Waals surface area (Å²) in [7, 11) is 0. The second kappa shape index (κ2) is 2.91. The van der Waals surface area contributed by atoms with Gasteiger partial charge in [0.1, 0.15) is 0 Å². The molecule has 0 spiro atoms. The Morgan fingerprint density at radius 3 is 3.08 bits per heavy atom. The monoisotopic (exact) mass is 172 g/mol. The summed E-state index contributed by atoms with van der Waals surface area (Å²) < 4.78 is 0. The van der Waals surface area contributed by atoms with E-state index >= 15 is 0 Å². The first-order valence-corrected chi connectivity index (χ1v) is 4.13. The molecule has 0 radical (unpaired) electrons. The third-order valence-electron chi connectivity index (χ3n) is 2.18. The van der Waals surface area contributed by atoms with Crippen LogP contribution in [0.15, 0.2) is 18.2 Å². The molecule has 0 saturated carbocycles. The van der Waals surface area contributed by atoms with Crippen LogP contribution in [0, 0.1) is 11.3 Å². The average molecular weight is 172 g/mol. The lowest BCUT2D eigenvalue weighted by atomic mass is 9.96. The number of hydrogen-bond donors (Lipinski definition) is 1. The maximum Gasteiger partial charge on any atom is 0.252 e. The fourth-order valence-corrected chi connectivity index (χ4v) is 1.57. The van der Waals surface area contributed by atoms with Crippen LogP contribution in [0.25, 0.3) is 0 Å². The molecule has 1 heterocycles. The zero-order chi connectivity index (χ0) is 9.26. The van der Waals surface area contributed by atoms with Gasteiger partial charge in [0.25, 0.3) is 5.91 Å². The maximum absolute atomic E-state index is 11.4. The van der Waals surface area contributed by atoms with Crippen molar-refractivity contribution < 1.29 is 4.79 Å². The first kappa shape index (κ1) is 7.81. The van der Waals surface area contributed by atoms with Crippen molar-refractivity contribution in [2.45, 2.75) is 6.42 Å². The van der Waals surface area contributed by atoms with Gasteiger partial charge < -0.3 is 5.32 Å². The number of nitriles is 1. The van der Waals surface area contributed by atoms with Crippen LogP contribution in [0.2, 0.25) is 0 Å². The second-order valence-corrected chi connectivity index (χ2v) is 2.96. The van der Waals surface area contributed by atoms with E-state index in [4.69, 9.17) is 5.26 Å². The first-order chi connectivity index (χ1) is 6.33. The molecule has 0 bridgehead atoms. The highest BCUT2D eigenvalue weighted by atomic mass is 16.1. The van der Waals surface area contributed by atoms with Gasteiger partial charge in [-0.1, -0.05) is 12.1 Å². The number of benzene rings is 1. The molecule has 0 saturated heterocycles. The van der Waals surface area contributed by atoms with E-state index in [-0.39, 0.29) is 5.91 Å². The molecule has 1 amide bonds. The molecule has 3 heteroatoms. The van der Waals surface area contributed by atoms with Crippen molar-refractivity contribution in [1.82, 2.24) is 5.32 Å². The summed E-state index contributed by atoms with van der Waals surface area (Å²) in [5, 5.41) is 11.5. The molecule has 0 atom stereocenters. The van der Waals surface area contributed by atoms with Crippen LogP contribution in [-0.2, 0) is 6.42 Å². The predicted octanol–water partition coefficient (Wildman–Crippen LogP) is 0.844. The minimum Gasteiger partial charge on any atom is -0.352 e. The van der Waals surface area contributed by atoms with Gasteiger partial charge in [-0.05, 0) is 18.1 Å². The molecule has 3 nitrogen and oxygen atoms in total. The Labute approximate surface area is 76.0 Å².